The maximum absolute atomic E-state index is 12.0. The zero-order chi connectivity index (χ0) is 17.0. The highest BCUT2D eigenvalue weighted by molar-refractivity contribution is 9.10. The lowest BCUT2D eigenvalue weighted by Gasteiger charge is -2.19. The van der Waals surface area contributed by atoms with Crippen LogP contribution in [-0.2, 0) is 10.2 Å². The SMILES string of the molecule is Cc1ccc(NC(=O)CNc2ccc(C(C)(C)C)cc2)cc1Br. The van der Waals surface area contributed by atoms with Crippen LogP contribution in [0, 0.1) is 6.92 Å². The number of aryl methyl sites for hydroxylation is 1. The molecule has 23 heavy (non-hydrogen) atoms. The van der Waals surface area contributed by atoms with Crippen molar-refractivity contribution in [2.24, 2.45) is 0 Å². The maximum Gasteiger partial charge on any atom is 0.243 e. The lowest BCUT2D eigenvalue weighted by molar-refractivity contribution is -0.114. The summed E-state index contributed by atoms with van der Waals surface area (Å²) in [5, 5.41) is 6.03. The third-order valence-corrected chi connectivity index (χ3v) is 4.51. The Balaban J connectivity index is 1.90. The highest BCUT2D eigenvalue weighted by Crippen LogP contribution is 2.23. The molecule has 0 aliphatic rings. The van der Waals surface area contributed by atoms with Crippen molar-refractivity contribution in [3.8, 4) is 0 Å². The highest BCUT2D eigenvalue weighted by Gasteiger charge is 2.12. The summed E-state index contributed by atoms with van der Waals surface area (Å²) in [5.74, 6) is -0.0688. The van der Waals surface area contributed by atoms with Crippen LogP contribution in [0.1, 0.15) is 31.9 Å². The van der Waals surface area contributed by atoms with Gasteiger partial charge in [0.1, 0.15) is 0 Å². The predicted octanol–water partition coefficient (Wildman–Crippen LogP) is 5.11. The molecule has 0 heterocycles. The molecule has 0 fully saturated rings. The minimum Gasteiger partial charge on any atom is -0.376 e. The molecule has 0 atom stereocenters. The van der Waals surface area contributed by atoms with E-state index in [1.807, 2.05) is 37.3 Å². The minimum atomic E-state index is -0.0688. The van der Waals surface area contributed by atoms with Crippen LogP contribution in [0.5, 0.6) is 0 Å². The summed E-state index contributed by atoms with van der Waals surface area (Å²) < 4.78 is 0.987. The van der Waals surface area contributed by atoms with Gasteiger partial charge in [-0.15, -0.1) is 0 Å². The van der Waals surface area contributed by atoms with E-state index in [4.69, 9.17) is 0 Å². The first-order valence-electron chi connectivity index (χ1n) is 7.66. The fourth-order valence-corrected chi connectivity index (χ4v) is 2.53. The second-order valence-corrected chi connectivity index (χ2v) is 7.55. The summed E-state index contributed by atoms with van der Waals surface area (Å²) in [6, 6.07) is 14.0. The van der Waals surface area contributed by atoms with Gasteiger partial charge in [-0.2, -0.15) is 0 Å². The largest absolute Gasteiger partial charge is 0.376 e. The molecular weight excluding hydrogens is 352 g/mol. The number of halogens is 1. The van der Waals surface area contributed by atoms with Gasteiger partial charge >= 0.3 is 0 Å². The van der Waals surface area contributed by atoms with Gasteiger partial charge in [-0.3, -0.25) is 4.79 Å². The second kappa shape index (κ2) is 7.18. The second-order valence-electron chi connectivity index (χ2n) is 6.69. The molecule has 4 heteroatoms. The van der Waals surface area contributed by atoms with E-state index in [0.29, 0.717) is 0 Å². The van der Waals surface area contributed by atoms with Crippen molar-refractivity contribution in [3.05, 3.63) is 58.1 Å². The number of hydrogen-bond donors (Lipinski definition) is 2. The van der Waals surface area contributed by atoms with Crippen molar-refractivity contribution >= 4 is 33.2 Å². The van der Waals surface area contributed by atoms with E-state index in [1.54, 1.807) is 0 Å². The topological polar surface area (TPSA) is 41.1 Å². The number of hydrogen-bond acceptors (Lipinski definition) is 2. The molecule has 0 spiro atoms. The number of carbonyl (C=O) groups excluding carboxylic acids is 1. The molecule has 0 saturated carbocycles. The van der Waals surface area contributed by atoms with E-state index in [-0.39, 0.29) is 17.9 Å². The van der Waals surface area contributed by atoms with Gasteiger partial charge in [0.15, 0.2) is 0 Å². The molecule has 0 radical (unpaired) electrons. The standard InChI is InChI=1S/C19H23BrN2O/c1-13-5-8-16(11-17(13)20)22-18(23)12-21-15-9-6-14(7-10-15)19(2,3)4/h5-11,21H,12H2,1-4H3,(H,22,23). The molecule has 0 unspecified atom stereocenters. The Morgan fingerprint density at radius 1 is 1.04 bits per heavy atom. The number of anilines is 2. The van der Waals surface area contributed by atoms with Crippen molar-refractivity contribution in [1.82, 2.24) is 0 Å². The number of rotatable bonds is 4. The molecule has 2 rings (SSSR count). The van der Waals surface area contributed by atoms with Crippen molar-refractivity contribution in [2.75, 3.05) is 17.2 Å². The van der Waals surface area contributed by atoms with Crippen LogP contribution in [0.4, 0.5) is 11.4 Å². The molecule has 122 valence electrons. The predicted molar refractivity (Wildman–Crippen MR) is 101 cm³/mol. The molecule has 1 amide bonds. The summed E-state index contributed by atoms with van der Waals surface area (Å²) in [7, 11) is 0. The Morgan fingerprint density at radius 3 is 2.22 bits per heavy atom. The molecule has 2 aromatic rings. The van der Waals surface area contributed by atoms with Crippen LogP contribution < -0.4 is 10.6 Å². The number of amides is 1. The van der Waals surface area contributed by atoms with Gasteiger partial charge in [0.25, 0.3) is 0 Å². The van der Waals surface area contributed by atoms with Crippen LogP contribution in [0.25, 0.3) is 0 Å². The van der Waals surface area contributed by atoms with Gasteiger partial charge in [-0.1, -0.05) is 54.9 Å². The van der Waals surface area contributed by atoms with Crippen LogP contribution in [-0.4, -0.2) is 12.5 Å². The first-order valence-corrected chi connectivity index (χ1v) is 8.45. The van der Waals surface area contributed by atoms with E-state index in [1.165, 1.54) is 5.56 Å². The lowest BCUT2D eigenvalue weighted by Crippen LogP contribution is -2.21. The molecular formula is C19H23BrN2O. The quantitative estimate of drug-likeness (QED) is 0.780. The van der Waals surface area contributed by atoms with Gasteiger partial charge < -0.3 is 10.6 Å². The molecule has 0 bridgehead atoms. The van der Waals surface area contributed by atoms with Crippen LogP contribution in [0.3, 0.4) is 0 Å². The van der Waals surface area contributed by atoms with E-state index < -0.39 is 0 Å². The maximum atomic E-state index is 12.0. The van der Waals surface area contributed by atoms with Crippen molar-refractivity contribution < 1.29 is 4.79 Å². The molecule has 0 aliphatic carbocycles. The van der Waals surface area contributed by atoms with Crippen LogP contribution in [0.2, 0.25) is 0 Å². The fraction of sp³-hybridized carbons (Fsp3) is 0.316. The average Bonchev–Trinajstić information content (AvgIpc) is 2.48. The summed E-state index contributed by atoms with van der Waals surface area (Å²) in [6.45, 7) is 8.80. The molecule has 2 N–H and O–H groups in total. The number of benzene rings is 2. The van der Waals surface area contributed by atoms with Gasteiger partial charge in [0.2, 0.25) is 5.91 Å². The smallest absolute Gasteiger partial charge is 0.243 e. The normalized spacial score (nSPS) is 11.2. The summed E-state index contributed by atoms with van der Waals surface area (Å²) in [4.78, 5) is 12.0. The third-order valence-electron chi connectivity index (χ3n) is 3.66. The Kier molecular flexibility index (Phi) is 5.47. The molecule has 3 nitrogen and oxygen atoms in total. The first-order chi connectivity index (χ1) is 10.8. The highest BCUT2D eigenvalue weighted by atomic mass is 79.9. The zero-order valence-electron chi connectivity index (χ0n) is 14.0. The Bertz CT molecular complexity index is 688. The van der Waals surface area contributed by atoms with E-state index in [2.05, 4.69) is 59.5 Å². The minimum absolute atomic E-state index is 0.0688. The van der Waals surface area contributed by atoms with Crippen molar-refractivity contribution in [3.63, 3.8) is 0 Å². The lowest BCUT2D eigenvalue weighted by atomic mass is 9.87. The number of nitrogens with one attached hydrogen (secondary N) is 2. The van der Waals surface area contributed by atoms with Crippen molar-refractivity contribution in [2.45, 2.75) is 33.1 Å². The van der Waals surface area contributed by atoms with Gasteiger partial charge in [0.05, 0.1) is 6.54 Å². The molecule has 0 saturated heterocycles. The van der Waals surface area contributed by atoms with Crippen molar-refractivity contribution in [1.29, 1.82) is 0 Å². The van der Waals surface area contributed by atoms with Gasteiger partial charge in [0, 0.05) is 15.8 Å². The fourth-order valence-electron chi connectivity index (χ4n) is 2.15. The zero-order valence-corrected chi connectivity index (χ0v) is 15.6. The van der Waals surface area contributed by atoms with E-state index in [9.17, 15) is 4.79 Å². The van der Waals surface area contributed by atoms with Gasteiger partial charge in [-0.25, -0.2) is 0 Å². The summed E-state index contributed by atoms with van der Waals surface area (Å²) in [6.07, 6.45) is 0. The van der Waals surface area contributed by atoms with Crippen LogP contribution in [0.15, 0.2) is 46.9 Å². The van der Waals surface area contributed by atoms with Gasteiger partial charge in [-0.05, 0) is 47.7 Å². The monoisotopic (exact) mass is 374 g/mol. The molecule has 2 aromatic carbocycles. The Hall–Kier alpha value is -1.81. The third kappa shape index (κ3) is 5.10. The molecule has 0 aromatic heterocycles. The van der Waals surface area contributed by atoms with Crippen LogP contribution >= 0.6 is 15.9 Å². The summed E-state index contributed by atoms with van der Waals surface area (Å²) >= 11 is 3.47. The molecule has 0 aliphatic heterocycles. The Labute approximate surface area is 146 Å². The van der Waals surface area contributed by atoms with E-state index in [0.717, 1.165) is 21.4 Å². The average molecular weight is 375 g/mol. The first kappa shape index (κ1) is 17.5. The Morgan fingerprint density at radius 2 is 1.65 bits per heavy atom. The van der Waals surface area contributed by atoms with E-state index >= 15 is 0 Å². The summed E-state index contributed by atoms with van der Waals surface area (Å²) in [5.41, 5.74) is 4.28. The number of carbonyl (C=O) groups is 1.